The molecular weight excluding hydrogens is 1110 g/mol. The number of aliphatic hydroxyl groups excluding tert-OH is 1. The van der Waals surface area contributed by atoms with Crippen molar-refractivity contribution in [3.8, 4) is 16.9 Å². The van der Waals surface area contributed by atoms with E-state index in [-0.39, 0.29) is 48.4 Å². The average molecular weight is 1190 g/mol. The summed E-state index contributed by atoms with van der Waals surface area (Å²) in [7, 11) is -4.27. The van der Waals surface area contributed by atoms with Crippen LogP contribution in [0.1, 0.15) is 123 Å². The molecule has 21 heteroatoms. The highest BCUT2D eigenvalue weighted by atomic mass is 32.2. The second-order valence-corrected chi connectivity index (χ2v) is 28.4. The van der Waals surface area contributed by atoms with E-state index in [9.17, 15) is 13.5 Å². The number of aliphatic hydroxyl groups is 1. The van der Waals surface area contributed by atoms with Crippen LogP contribution in [0, 0.1) is 48.9 Å². The summed E-state index contributed by atoms with van der Waals surface area (Å²) in [5, 5.41) is 52.4. The monoisotopic (exact) mass is 1190 g/mol. The fourth-order valence-electron chi connectivity index (χ4n) is 14.8. The fourth-order valence-corrected chi connectivity index (χ4v) is 18.1. The minimum Gasteiger partial charge on any atom is -0.396 e. The number of nitrogens with zero attached hydrogens (tertiary/aromatic N) is 12. The number of aromatic nitrogens is 12. The third kappa shape index (κ3) is 11.4. The van der Waals surface area contributed by atoms with Gasteiger partial charge < -0.3 is 10.4 Å². The molecule has 1 amide bonds. The number of carbonyl (C=O) groups is 1. The van der Waals surface area contributed by atoms with Crippen molar-refractivity contribution < 1.29 is 18.3 Å². The molecule has 5 atom stereocenters. The highest BCUT2D eigenvalue weighted by Gasteiger charge is 2.62. The predicted octanol–water partition coefficient (Wildman–Crippen LogP) is 10.1. The van der Waals surface area contributed by atoms with Gasteiger partial charge in [-0.25, -0.2) is 31.9 Å². The number of fused-ring (bicyclic) bond motifs is 2. The second-order valence-electron chi connectivity index (χ2n) is 24.6. The number of benzene rings is 4. The van der Waals surface area contributed by atoms with Gasteiger partial charge in [0.15, 0.2) is 5.03 Å². The molecule has 4 aromatic carbocycles. The topological polar surface area (TPSA) is 218 Å². The van der Waals surface area contributed by atoms with Crippen LogP contribution < -0.4 is 10.0 Å². The Morgan fingerprint density at radius 2 is 1.40 bits per heavy atom. The van der Waals surface area contributed by atoms with Gasteiger partial charge in [0.1, 0.15) is 21.4 Å². The number of unbranched alkanes of at least 4 members (excludes halogenated alkanes) is 2. The van der Waals surface area contributed by atoms with Crippen LogP contribution >= 0.6 is 23.5 Å². The van der Waals surface area contributed by atoms with E-state index in [1.165, 1.54) is 15.9 Å². The zero-order valence-corrected chi connectivity index (χ0v) is 50.6. The Morgan fingerprint density at radius 3 is 2.11 bits per heavy atom. The second kappa shape index (κ2) is 23.7. The molecule has 4 heterocycles. The van der Waals surface area contributed by atoms with E-state index >= 15 is 4.79 Å². The SMILES string of the molecule is CCCCCc1nnn(-c2ccc(Cn3nnc(CNC(=O)C45CC6CC(C4)CC(n4nnc7c4CC[C@H]4C(CO)[C@H]4CC7)(C6)C5)c3S(=O)(=O)NCCCn3nnc(-c4ccccc4)c3Sc3ccc(C)cc3)cc2)c1Sc1ccc(C)cc1. The van der Waals surface area contributed by atoms with Crippen molar-refractivity contribution in [2.75, 3.05) is 13.2 Å². The highest BCUT2D eigenvalue weighted by Crippen LogP contribution is 2.65. The Balaban J connectivity index is 0.758. The lowest BCUT2D eigenvalue weighted by Gasteiger charge is -2.61. The van der Waals surface area contributed by atoms with E-state index in [4.69, 9.17) is 10.3 Å². The Bertz CT molecular complexity index is 3730. The van der Waals surface area contributed by atoms with Crippen LogP contribution in [0.4, 0.5) is 0 Å². The van der Waals surface area contributed by atoms with E-state index in [0.29, 0.717) is 49.0 Å². The molecule has 3 unspecified atom stereocenters. The summed E-state index contributed by atoms with van der Waals surface area (Å²) in [6.07, 6.45) is 13.6. The molecule has 5 fully saturated rings. The van der Waals surface area contributed by atoms with E-state index in [1.807, 2.05) is 64.0 Å². The molecule has 438 valence electrons. The third-order valence-electron chi connectivity index (χ3n) is 18.7. The third-order valence-corrected chi connectivity index (χ3v) is 22.4. The standard InChI is InChI=1S/C63H74N14O4S3/c1-4-5-7-13-54-58(82-48-22-14-41(2)15-23-48)76(72-67-54)47-20-18-43(19-21-47)38-75-60(84(80,81)65-30-10-31-74-59(83-49-24-16-42(3)17-25-49)57(69-71-74)46-11-8-6-9-12-46)55(68-70-75)37-64-61(79)62-33-44-32-45(34-62)36-63(35-44,40-62)77-56-29-27-51-50(52(51)39-78)26-28-53(56)66-73-77/h6,8-9,11-12,14-25,44-45,50-52,65,78H,4-5,7,10,13,26-40H2,1-3H3,(H,64,79)/t44?,45?,50-,51+,52?,62?,63?/m0/s1. The van der Waals surface area contributed by atoms with Gasteiger partial charge in [-0.3, -0.25) is 4.79 Å². The number of hydrogen-bond donors (Lipinski definition) is 3. The van der Waals surface area contributed by atoms with Crippen molar-refractivity contribution in [3.05, 3.63) is 143 Å². The van der Waals surface area contributed by atoms with Gasteiger partial charge in [0, 0.05) is 35.1 Å². The maximum atomic E-state index is 15.1. The maximum Gasteiger partial charge on any atom is 0.259 e. The molecule has 6 aliphatic carbocycles. The number of aryl methyl sites for hydroxylation is 5. The van der Waals surface area contributed by atoms with Crippen LogP contribution in [-0.4, -0.2) is 92.6 Å². The molecule has 4 bridgehead atoms. The summed E-state index contributed by atoms with van der Waals surface area (Å²) >= 11 is 3.23. The van der Waals surface area contributed by atoms with Gasteiger partial charge in [-0.1, -0.05) is 142 Å². The molecule has 4 aromatic heterocycles. The lowest BCUT2D eigenvalue weighted by atomic mass is 9.46. The molecule has 5 saturated carbocycles. The smallest absolute Gasteiger partial charge is 0.259 e. The summed E-state index contributed by atoms with van der Waals surface area (Å²) in [5.74, 6) is 2.20. The van der Waals surface area contributed by atoms with Gasteiger partial charge in [0.2, 0.25) is 5.91 Å². The summed E-state index contributed by atoms with van der Waals surface area (Å²) < 4.78 is 40.2. The lowest BCUT2D eigenvalue weighted by molar-refractivity contribution is -0.156. The van der Waals surface area contributed by atoms with E-state index in [1.54, 1.807) is 23.5 Å². The van der Waals surface area contributed by atoms with Gasteiger partial charge >= 0.3 is 0 Å². The first-order valence-electron chi connectivity index (χ1n) is 30.1. The summed E-state index contributed by atoms with van der Waals surface area (Å²) in [6, 6.07) is 34.6. The molecule has 14 rings (SSSR count). The Hall–Kier alpha value is -6.52. The Labute approximate surface area is 499 Å². The Kier molecular flexibility index (Phi) is 16.0. The molecule has 84 heavy (non-hydrogen) atoms. The van der Waals surface area contributed by atoms with E-state index in [2.05, 4.69) is 115 Å². The molecule has 6 aliphatic rings. The van der Waals surface area contributed by atoms with E-state index in [0.717, 1.165) is 143 Å². The van der Waals surface area contributed by atoms with Gasteiger partial charge in [-0.15, -0.1) is 20.4 Å². The number of amides is 1. The first kappa shape index (κ1) is 56.6. The predicted molar refractivity (Wildman–Crippen MR) is 321 cm³/mol. The van der Waals surface area contributed by atoms with Gasteiger partial charge in [0.05, 0.1) is 46.8 Å². The molecule has 0 saturated heterocycles. The molecule has 0 aliphatic heterocycles. The molecule has 8 aromatic rings. The van der Waals surface area contributed by atoms with Crippen LogP contribution in [0.25, 0.3) is 16.9 Å². The molecule has 0 spiro atoms. The molecule has 3 N–H and O–H groups in total. The normalized spacial score (nSPS) is 23.3. The van der Waals surface area contributed by atoms with Crippen LogP contribution in [0.5, 0.6) is 0 Å². The fraction of sp³-hybridized carbons (Fsp3) is 0.476. The molecule has 18 nitrogen and oxygen atoms in total. The Morgan fingerprint density at radius 1 is 0.726 bits per heavy atom. The quantitative estimate of drug-likeness (QED) is 0.0508. The first-order valence-corrected chi connectivity index (χ1v) is 33.3. The van der Waals surface area contributed by atoms with Crippen LogP contribution in [0.15, 0.2) is 128 Å². The maximum absolute atomic E-state index is 15.1. The van der Waals surface area contributed by atoms with Gasteiger partial charge in [-0.05, 0) is 169 Å². The van der Waals surface area contributed by atoms with Crippen molar-refractivity contribution in [2.45, 2.75) is 167 Å². The lowest BCUT2D eigenvalue weighted by Crippen LogP contribution is -2.61. The van der Waals surface area contributed by atoms with Gasteiger partial charge in [0.25, 0.3) is 10.0 Å². The zero-order valence-electron chi connectivity index (χ0n) is 48.1. The highest BCUT2D eigenvalue weighted by molar-refractivity contribution is 7.99. The number of sulfonamides is 1. The van der Waals surface area contributed by atoms with Crippen LogP contribution in [0.2, 0.25) is 0 Å². The van der Waals surface area contributed by atoms with Crippen LogP contribution in [0.3, 0.4) is 0 Å². The van der Waals surface area contributed by atoms with Crippen LogP contribution in [-0.2, 0) is 59.3 Å². The van der Waals surface area contributed by atoms with Crippen molar-refractivity contribution in [1.29, 1.82) is 0 Å². The number of rotatable bonds is 23. The molecular formula is C63H74N14O4S3. The number of nitrogens with one attached hydrogen (secondary N) is 2. The van der Waals surface area contributed by atoms with Crippen molar-refractivity contribution in [2.24, 2.45) is 35.0 Å². The minimum atomic E-state index is -4.27. The average Bonchev–Trinajstić information content (AvgIpc) is 1.23. The number of hydrogen-bond acceptors (Lipinski definition) is 14. The zero-order chi connectivity index (χ0) is 57.6. The number of carbonyl (C=O) groups excluding carboxylic acids is 1. The van der Waals surface area contributed by atoms with Gasteiger partial charge in [-0.2, -0.15) is 0 Å². The summed E-state index contributed by atoms with van der Waals surface area (Å²) in [6.45, 7) is 7.07. The largest absolute Gasteiger partial charge is 0.396 e. The minimum absolute atomic E-state index is 0.0689. The van der Waals surface area contributed by atoms with Crippen molar-refractivity contribution in [3.63, 3.8) is 0 Å². The first-order chi connectivity index (χ1) is 40.9. The molecule has 0 radical (unpaired) electrons. The summed E-state index contributed by atoms with van der Waals surface area (Å²) in [4.78, 5) is 17.2. The van der Waals surface area contributed by atoms with Crippen molar-refractivity contribution >= 4 is 39.5 Å². The van der Waals surface area contributed by atoms with Crippen molar-refractivity contribution in [1.82, 2.24) is 70.0 Å². The van der Waals surface area contributed by atoms with E-state index < -0.39 is 15.4 Å². The summed E-state index contributed by atoms with van der Waals surface area (Å²) in [5.41, 5.74) is 8.16.